The fourth-order valence-corrected chi connectivity index (χ4v) is 5.69. The molecule has 0 aliphatic carbocycles. The Kier molecular flexibility index (Phi) is 9.51. The molecule has 45 heavy (non-hydrogen) atoms. The van der Waals surface area contributed by atoms with Gasteiger partial charge in [0, 0.05) is 62.3 Å². The Morgan fingerprint density at radius 3 is 1.33 bits per heavy atom. The van der Waals surface area contributed by atoms with Crippen molar-refractivity contribution in [1.82, 2.24) is 0 Å². The smallest absolute Gasteiger partial charge is 0.213 e. The lowest BCUT2D eigenvalue weighted by Gasteiger charge is -2.12. The van der Waals surface area contributed by atoms with Crippen LogP contribution in [0.25, 0.3) is 21.8 Å². The number of pyridine rings is 2. The van der Waals surface area contributed by atoms with Crippen LogP contribution in [0.3, 0.4) is 0 Å². The van der Waals surface area contributed by atoms with Gasteiger partial charge in [-0.05, 0) is 42.8 Å². The predicted octanol–water partition coefficient (Wildman–Crippen LogP) is 7.38. The fourth-order valence-electron chi connectivity index (χ4n) is 5.69. The number of anilines is 2. The van der Waals surface area contributed by atoms with E-state index in [2.05, 4.69) is 106 Å². The van der Waals surface area contributed by atoms with Crippen LogP contribution < -0.4 is 19.2 Å². The van der Waals surface area contributed by atoms with E-state index in [0.717, 1.165) is 54.9 Å². The zero-order valence-corrected chi connectivity index (χ0v) is 26.1. The molecule has 0 unspecified atom stereocenters. The van der Waals surface area contributed by atoms with Crippen LogP contribution in [0.2, 0.25) is 0 Å². The lowest BCUT2D eigenvalue weighted by Crippen LogP contribution is -2.36. The van der Waals surface area contributed by atoms with E-state index in [1.807, 2.05) is 72.9 Å². The first-order valence-electron chi connectivity index (χ1n) is 15.7. The lowest BCUT2D eigenvalue weighted by molar-refractivity contribution is -0.675. The lowest BCUT2D eigenvalue weighted by atomic mass is 10.1. The number of aromatic nitrogens is 2. The molecule has 0 N–H and O–H groups in total. The number of hydrogen-bond acceptors (Lipinski definition) is 4. The van der Waals surface area contributed by atoms with Crippen LogP contribution in [-0.2, 0) is 13.1 Å². The quantitative estimate of drug-likeness (QED) is 0.0644. The van der Waals surface area contributed by atoms with Crippen molar-refractivity contribution < 1.29 is 9.13 Å². The van der Waals surface area contributed by atoms with Gasteiger partial charge in [0.1, 0.15) is 13.1 Å². The molecule has 2 aromatic heterocycles. The third kappa shape index (κ3) is 7.24. The zero-order chi connectivity index (χ0) is 30.8. The van der Waals surface area contributed by atoms with Crippen LogP contribution >= 0.6 is 0 Å². The topological polar surface area (TPSA) is 39.0 Å². The van der Waals surface area contributed by atoms with E-state index in [4.69, 9.17) is 10.2 Å². The van der Waals surface area contributed by atoms with Gasteiger partial charge in [0.15, 0.2) is 12.4 Å². The number of hydrogen-bond donors (Lipinski definition) is 0. The first kappa shape index (κ1) is 29.7. The number of para-hydroxylation sites is 4. The summed E-state index contributed by atoms with van der Waals surface area (Å²) in [5.74, 6) is 0. The maximum absolute atomic E-state index is 4.70. The van der Waals surface area contributed by atoms with Gasteiger partial charge in [-0.1, -0.05) is 60.7 Å². The fraction of sp³-hybridized carbons (Fsp3) is 0.179. The Balaban J connectivity index is 1.08. The molecule has 6 rings (SSSR count). The molecule has 0 aliphatic rings. The van der Waals surface area contributed by atoms with Crippen LogP contribution in [0.15, 0.2) is 144 Å². The highest BCUT2D eigenvalue weighted by molar-refractivity contribution is 5.97. The van der Waals surface area contributed by atoms with Gasteiger partial charge in [0.25, 0.3) is 0 Å². The molecule has 0 atom stereocenters. The highest BCUT2D eigenvalue weighted by atomic mass is 15.4. The standard InChI is InChI=1S/C39H40N6/c1-42(34-16-6-3-7-17-34)40-30-32-24-28-44(38-22-12-10-20-36(32)38)26-14-5-15-27-45-29-25-33(37-21-11-13-23-39(37)45)31-41-43(2)35-18-8-4-9-19-35/h3-4,6-13,16-25,28-31H,5,14-15,26-27H2,1-2H3/q+2. The van der Waals surface area contributed by atoms with Crippen molar-refractivity contribution in [2.45, 2.75) is 32.4 Å². The summed E-state index contributed by atoms with van der Waals surface area (Å²) in [6.07, 6.45) is 11.7. The molecule has 0 saturated carbocycles. The number of fused-ring (bicyclic) bond motifs is 2. The third-order valence-corrected chi connectivity index (χ3v) is 8.21. The van der Waals surface area contributed by atoms with E-state index in [-0.39, 0.29) is 0 Å². The van der Waals surface area contributed by atoms with Crippen molar-refractivity contribution in [1.29, 1.82) is 0 Å². The first-order valence-corrected chi connectivity index (χ1v) is 15.7. The first-order chi connectivity index (χ1) is 22.2. The van der Waals surface area contributed by atoms with Gasteiger partial charge in [-0.25, -0.2) is 0 Å². The van der Waals surface area contributed by atoms with Crippen molar-refractivity contribution in [3.8, 4) is 0 Å². The molecule has 224 valence electrons. The molecular formula is C39H40N6+2. The number of rotatable bonds is 12. The van der Waals surface area contributed by atoms with Gasteiger partial charge in [-0.3, -0.25) is 10.0 Å². The molecular weight excluding hydrogens is 552 g/mol. The molecule has 0 radical (unpaired) electrons. The average molecular weight is 593 g/mol. The van der Waals surface area contributed by atoms with E-state index in [9.17, 15) is 0 Å². The predicted molar refractivity (Wildman–Crippen MR) is 187 cm³/mol. The van der Waals surface area contributed by atoms with Gasteiger partial charge in [0.2, 0.25) is 11.0 Å². The van der Waals surface area contributed by atoms with Crippen LogP contribution in [0.5, 0.6) is 0 Å². The molecule has 0 saturated heterocycles. The summed E-state index contributed by atoms with van der Waals surface area (Å²) in [5, 5.41) is 15.6. The van der Waals surface area contributed by atoms with Gasteiger partial charge in [0.05, 0.1) is 34.6 Å². The number of nitrogens with zero attached hydrogens (tertiary/aromatic N) is 6. The molecule has 6 nitrogen and oxygen atoms in total. The SMILES string of the molecule is CN(/N=C/c1cc[n+](CCCCC[n+]2ccc(/C=N/N(C)c3ccccc3)c3ccccc32)c2ccccc12)c1ccccc1. The average Bonchev–Trinajstić information content (AvgIpc) is 3.10. The van der Waals surface area contributed by atoms with E-state index in [1.165, 1.54) is 21.8 Å². The minimum atomic E-state index is 0.984. The second-order valence-corrected chi connectivity index (χ2v) is 11.2. The van der Waals surface area contributed by atoms with Crippen LogP contribution in [-0.4, -0.2) is 26.5 Å². The summed E-state index contributed by atoms with van der Waals surface area (Å²) in [6.45, 7) is 1.97. The van der Waals surface area contributed by atoms with Crippen molar-refractivity contribution in [3.05, 3.63) is 145 Å². The van der Waals surface area contributed by atoms with Gasteiger partial charge < -0.3 is 0 Å². The monoisotopic (exact) mass is 592 g/mol. The highest BCUT2D eigenvalue weighted by Gasteiger charge is 2.14. The van der Waals surface area contributed by atoms with Crippen LogP contribution in [0.1, 0.15) is 30.4 Å². The summed E-state index contributed by atoms with van der Waals surface area (Å²) >= 11 is 0. The van der Waals surface area contributed by atoms with Crippen molar-refractivity contribution in [3.63, 3.8) is 0 Å². The van der Waals surface area contributed by atoms with Crippen molar-refractivity contribution in [2.24, 2.45) is 10.2 Å². The van der Waals surface area contributed by atoms with Crippen molar-refractivity contribution in [2.75, 3.05) is 24.1 Å². The molecule has 0 aliphatic heterocycles. The maximum Gasteiger partial charge on any atom is 0.213 e. The molecule has 0 bridgehead atoms. The van der Waals surface area contributed by atoms with Crippen LogP contribution in [0.4, 0.5) is 11.4 Å². The normalized spacial score (nSPS) is 11.6. The number of unbranched alkanes of at least 4 members (excludes halogenated alkanes) is 2. The number of benzene rings is 4. The van der Waals surface area contributed by atoms with Gasteiger partial charge in [-0.2, -0.15) is 19.3 Å². The molecule has 0 fully saturated rings. The van der Waals surface area contributed by atoms with E-state index < -0.39 is 0 Å². The molecule has 6 aromatic rings. The Bertz CT molecular complexity index is 1780. The second-order valence-electron chi connectivity index (χ2n) is 11.2. The minimum absolute atomic E-state index is 0.984. The Labute approximate surface area is 265 Å². The van der Waals surface area contributed by atoms with Gasteiger partial charge in [-0.15, -0.1) is 0 Å². The van der Waals surface area contributed by atoms with Crippen LogP contribution in [0, 0.1) is 0 Å². The maximum atomic E-state index is 4.70. The number of aryl methyl sites for hydroxylation is 2. The van der Waals surface area contributed by atoms with E-state index in [1.54, 1.807) is 0 Å². The number of hydrazone groups is 2. The Morgan fingerprint density at radius 1 is 0.489 bits per heavy atom. The summed E-state index contributed by atoms with van der Waals surface area (Å²) in [6, 6.07) is 42.0. The van der Waals surface area contributed by atoms with E-state index in [0.29, 0.717) is 0 Å². The summed E-state index contributed by atoms with van der Waals surface area (Å²) in [7, 11) is 3.96. The third-order valence-electron chi connectivity index (χ3n) is 8.21. The second kappa shape index (κ2) is 14.4. The zero-order valence-electron chi connectivity index (χ0n) is 26.1. The molecule has 4 aromatic carbocycles. The summed E-state index contributed by atoms with van der Waals surface area (Å²) < 4.78 is 4.74. The highest BCUT2D eigenvalue weighted by Crippen LogP contribution is 2.18. The van der Waals surface area contributed by atoms with Crippen molar-refractivity contribution >= 4 is 45.6 Å². The largest absolute Gasteiger partial charge is 0.269 e. The molecule has 6 heteroatoms. The summed E-state index contributed by atoms with van der Waals surface area (Å²) in [4.78, 5) is 0. The Morgan fingerprint density at radius 2 is 0.889 bits per heavy atom. The minimum Gasteiger partial charge on any atom is -0.269 e. The molecule has 0 spiro atoms. The van der Waals surface area contributed by atoms with E-state index >= 15 is 0 Å². The molecule has 2 heterocycles. The Hall–Kier alpha value is -5.36. The molecule has 0 amide bonds. The summed E-state index contributed by atoms with van der Waals surface area (Å²) in [5.41, 5.74) is 6.83. The van der Waals surface area contributed by atoms with Gasteiger partial charge >= 0.3 is 0 Å².